The molecule has 1 heterocycles. The summed E-state index contributed by atoms with van der Waals surface area (Å²) in [6.45, 7) is 0. The molecule has 0 aliphatic carbocycles. The van der Waals surface area contributed by atoms with Gasteiger partial charge in [-0.1, -0.05) is 11.6 Å². The second-order valence-electron chi connectivity index (χ2n) is 3.04. The van der Waals surface area contributed by atoms with Crippen molar-refractivity contribution in [2.45, 2.75) is 0 Å². The molecule has 2 rings (SSSR count). The quantitative estimate of drug-likeness (QED) is 0.781. The summed E-state index contributed by atoms with van der Waals surface area (Å²) in [5.74, 6) is 0.305. The van der Waals surface area contributed by atoms with Gasteiger partial charge in [-0.05, 0) is 52.4 Å². The number of hydrogen-bond donors (Lipinski definition) is 2. The summed E-state index contributed by atoms with van der Waals surface area (Å²) >= 11 is 13.9. The van der Waals surface area contributed by atoms with Gasteiger partial charge in [-0.3, -0.25) is 0 Å². The Labute approximate surface area is 121 Å². The van der Waals surface area contributed by atoms with Crippen molar-refractivity contribution < 1.29 is 0 Å². The zero-order chi connectivity index (χ0) is 12.4. The number of nitrogens with one attached hydrogen (secondary N) is 1. The molecule has 17 heavy (non-hydrogen) atoms. The first kappa shape index (κ1) is 12.6. The van der Waals surface area contributed by atoms with Gasteiger partial charge in [0, 0.05) is 3.57 Å². The van der Waals surface area contributed by atoms with E-state index < -0.39 is 0 Å². The van der Waals surface area contributed by atoms with Crippen molar-refractivity contribution in [3.05, 3.63) is 32.1 Å². The summed E-state index contributed by atoms with van der Waals surface area (Å²) in [7, 11) is 0. The number of halogens is 3. The summed E-state index contributed by atoms with van der Waals surface area (Å²) in [5.41, 5.74) is 6.13. The fourth-order valence-corrected chi connectivity index (χ4v) is 2.20. The number of rotatable bonds is 2. The van der Waals surface area contributed by atoms with Crippen LogP contribution in [0.15, 0.2) is 18.2 Å². The zero-order valence-corrected chi connectivity index (χ0v) is 12.0. The maximum atomic E-state index is 6.06. The second kappa shape index (κ2) is 5.19. The van der Waals surface area contributed by atoms with Gasteiger partial charge in [-0.2, -0.15) is 15.0 Å². The number of nitrogen functional groups attached to an aromatic ring is 1. The Kier molecular flexibility index (Phi) is 3.85. The van der Waals surface area contributed by atoms with Gasteiger partial charge in [0.25, 0.3) is 0 Å². The molecule has 0 amide bonds. The highest BCUT2D eigenvalue weighted by Gasteiger charge is 2.05. The highest BCUT2D eigenvalue weighted by Crippen LogP contribution is 2.26. The Hall–Kier alpha value is -0.860. The fourth-order valence-electron chi connectivity index (χ4n) is 1.13. The number of aromatic nitrogens is 3. The third-order valence-corrected chi connectivity index (χ3v) is 2.96. The van der Waals surface area contributed by atoms with Crippen LogP contribution in [-0.4, -0.2) is 15.0 Å². The summed E-state index contributed by atoms with van der Waals surface area (Å²) in [4.78, 5) is 11.4. The molecule has 0 radical (unpaired) electrons. The first-order chi connectivity index (χ1) is 8.04. The van der Waals surface area contributed by atoms with Crippen LogP contribution >= 0.6 is 45.8 Å². The largest absolute Gasteiger partial charge is 0.368 e. The van der Waals surface area contributed by atoms with E-state index in [2.05, 4.69) is 42.9 Å². The van der Waals surface area contributed by atoms with Gasteiger partial charge in [-0.15, -0.1) is 0 Å². The second-order valence-corrected chi connectivity index (χ2v) is 5.03. The first-order valence-electron chi connectivity index (χ1n) is 4.44. The average Bonchev–Trinajstić information content (AvgIpc) is 2.21. The molecule has 8 heteroatoms. The predicted octanol–water partition coefficient (Wildman–Crippen LogP) is 3.11. The molecule has 0 aliphatic rings. The molecular formula is C9H6Cl2IN5. The average molecular weight is 382 g/mol. The van der Waals surface area contributed by atoms with E-state index in [-0.39, 0.29) is 17.2 Å². The van der Waals surface area contributed by atoms with Crippen LogP contribution in [0.1, 0.15) is 0 Å². The van der Waals surface area contributed by atoms with E-state index in [1.54, 1.807) is 0 Å². The number of nitrogens with zero attached hydrogens (tertiary/aromatic N) is 3. The van der Waals surface area contributed by atoms with E-state index in [4.69, 9.17) is 28.9 Å². The van der Waals surface area contributed by atoms with Gasteiger partial charge < -0.3 is 11.1 Å². The molecule has 3 N–H and O–H groups in total. The summed E-state index contributed by atoms with van der Waals surface area (Å²) in [6.07, 6.45) is 0. The molecule has 0 aliphatic heterocycles. The highest BCUT2D eigenvalue weighted by atomic mass is 127. The third-order valence-electron chi connectivity index (χ3n) is 1.80. The lowest BCUT2D eigenvalue weighted by Gasteiger charge is -2.07. The maximum absolute atomic E-state index is 6.06. The van der Waals surface area contributed by atoms with Crippen molar-refractivity contribution in [2.24, 2.45) is 0 Å². The van der Waals surface area contributed by atoms with Crippen LogP contribution in [0, 0.1) is 3.57 Å². The molecule has 1 aromatic heterocycles. The molecular weight excluding hydrogens is 376 g/mol. The van der Waals surface area contributed by atoms with Crippen LogP contribution in [0.5, 0.6) is 0 Å². The standard InChI is InChI=1S/C9H6Cl2IN5/c10-5-3-4(12)1-2-6(5)14-9-16-7(11)15-8(13)17-9/h1-3H,(H3,13,14,15,16,17). The number of hydrogen-bond acceptors (Lipinski definition) is 5. The van der Waals surface area contributed by atoms with Gasteiger partial charge in [0.2, 0.25) is 17.2 Å². The van der Waals surface area contributed by atoms with E-state index in [1.165, 1.54) is 0 Å². The fraction of sp³-hybridized carbons (Fsp3) is 0. The lowest BCUT2D eigenvalue weighted by atomic mass is 10.3. The molecule has 0 spiro atoms. The minimum absolute atomic E-state index is 0.0293. The summed E-state index contributed by atoms with van der Waals surface area (Å²) in [5, 5.41) is 3.51. The predicted molar refractivity (Wildman–Crippen MR) is 76.7 cm³/mol. The van der Waals surface area contributed by atoms with Gasteiger partial charge in [0.1, 0.15) is 0 Å². The monoisotopic (exact) mass is 381 g/mol. The number of anilines is 3. The van der Waals surface area contributed by atoms with Gasteiger partial charge >= 0.3 is 0 Å². The third kappa shape index (κ3) is 3.30. The SMILES string of the molecule is Nc1nc(Cl)nc(Nc2ccc(I)cc2Cl)n1. The van der Waals surface area contributed by atoms with Gasteiger partial charge in [0.15, 0.2) is 0 Å². The lowest BCUT2D eigenvalue weighted by molar-refractivity contribution is 1.07. The van der Waals surface area contributed by atoms with Gasteiger partial charge in [-0.25, -0.2) is 0 Å². The molecule has 88 valence electrons. The van der Waals surface area contributed by atoms with Crippen LogP contribution in [0.25, 0.3) is 0 Å². The molecule has 0 saturated heterocycles. The van der Waals surface area contributed by atoms with Crippen LogP contribution in [0.2, 0.25) is 10.3 Å². The normalized spacial score (nSPS) is 10.3. The summed E-state index contributed by atoms with van der Waals surface area (Å²) < 4.78 is 1.03. The van der Waals surface area contributed by atoms with Crippen molar-refractivity contribution in [3.63, 3.8) is 0 Å². The highest BCUT2D eigenvalue weighted by molar-refractivity contribution is 14.1. The minimum Gasteiger partial charge on any atom is -0.368 e. The van der Waals surface area contributed by atoms with E-state index in [0.717, 1.165) is 3.57 Å². The Morgan fingerprint density at radius 3 is 2.59 bits per heavy atom. The number of benzene rings is 1. The molecule has 0 atom stereocenters. The van der Waals surface area contributed by atoms with Crippen molar-refractivity contribution in [3.8, 4) is 0 Å². The van der Waals surface area contributed by atoms with Crippen molar-refractivity contribution in [2.75, 3.05) is 11.1 Å². The Bertz CT molecular complexity index is 543. The first-order valence-corrected chi connectivity index (χ1v) is 6.27. The maximum Gasteiger partial charge on any atom is 0.233 e. The number of nitrogens with two attached hydrogens (primary N) is 1. The Morgan fingerprint density at radius 1 is 1.18 bits per heavy atom. The van der Waals surface area contributed by atoms with Crippen LogP contribution < -0.4 is 11.1 Å². The Balaban J connectivity index is 2.31. The molecule has 0 saturated carbocycles. The minimum atomic E-state index is 0.0293. The molecule has 0 unspecified atom stereocenters. The molecule has 0 fully saturated rings. The summed E-state index contributed by atoms with van der Waals surface area (Å²) in [6, 6.07) is 5.54. The molecule has 1 aromatic carbocycles. The lowest BCUT2D eigenvalue weighted by Crippen LogP contribution is -2.03. The van der Waals surface area contributed by atoms with E-state index in [1.807, 2.05) is 18.2 Å². The van der Waals surface area contributed by atoms with E-state index >= 15 is 0 Å². The molecule has 2 aromatic rings. The van der Waals surface area contributed by atoms with Crippen molar-refractivity contribution in [1.82, 2.24) is 15.0 Å². The van der Waals surface area contributed by atoms with E-state index in [9.17, 15) is 0 Å². The topological polar surface area (TPSA) is 76.7 Å². The zero-order valence-electron chi connectivity index (χ0n) is 8.28. The smallest absolute Gasteiger partial charge is 0.233 e. The van der Waals surface area contributed by atoms with Gasteiger partial charge in [0.05, 0.1) is 10.7 Å². The van der Waals surface area contributed by atoms with E-state index in [0.29, 0.717) is 10.7 Å². The Morgan fingerprint density at radius 2 is 1.94 bits per heavy atom. The molecule has 0 bridgehead atoms. The van der Waals surface area contributed by atoms with Crippen molar-refractivity contribution in [1.29, 1.82) is 0 Å². The van der Waals surface area contributed by atoms with Crippen molar-refractivity contribution >= 4 is 63.4 Å². The van der Waals surface area contributed by atoms with Crippen LogP contribution in [-0.2, 0) is 0 Å². The van der Waals surface area contributed by atoms with Crippen LogP contribution in [0.4, 0.5) is 17.6 Å². The molecule has 5 nitrogen and oxygen atoms in total. The van der Waals surface area contributed by atoms with Crippen LogP contribution in [0.3, 0.4) is 0 Å².